The van der Waals surface area contributed by atoms with Crippen LogP contribution in [0.15, 0.2) is 41.8 Å². The van der Waals surface area contributed by atoms with Crippen LogP contribution in [-0.2, 0) is 9.53 Å². The number of cyclic esters (lactones) is 1. The molecule has 0 amide bonds. The van der Waals surface area contributed by atoms with Crippen LogP contribution in [-0.4, -0.2) is 11.7 Å². The van der Waals surface area contributed by atoms with Gasteiger partial charge in [-0.25, -0.2) is 4.79 Å². The minimum Gasteiger partial charge on any atom is -0.421 e. The molecule has 0 bridgehead atoms. The maximum absolute atomic E-state index is 10.8. The molecule has 3 heteroatoms. The summed E-state index contributed by atoms with van der Waals surface area (Å²) in [6, 6.07) is 0. The van der Waals surface area contributed by atoms with Crippen molar-refractivity contribution in [1.29, 1.82) is 0 Å². The minimum atomic E-state index is -0.369. The lowest BCUT2D eigenvalue weighted by molar-refractivity contribution is -0.133. The molecule has 0 spiro atoms. The highest BCUT2D eigenvalue weighted by Gasteiger charge is 2.13. The highest BCUT2D eigenvalue weighted by molar-refractivity contribution is 6.13. The number of ether oxygens (including phenoxy) is 1. The lowest BCUT2D eigenvalue weighted by Gasteiger charge is -2.09. The second-order valence-electron chi connectivity index (χ2n) is 2.10. The van der Waals surface area contributed by atoms with E-state index in [-0.39, 0.29) is 5.97 Å². The SMILES string of the molecule is C=CN=C1C=CC(=O)O/C1=C/C. The average Bonchev–Trinajstić information content (AvgIpc) is 2.08. The summed E-state index contributed by atoms with van der Waals surface area (Å²) in [6.45, 7) is 5.23. The first-order valence-corrected chi connectivity index (χ1v) is 3.53. The van der Waals surface area contributed by atoms with Gasteiger partial charge in [-0.3, -0.25) is 4.99 Å². The number of carbonyl (C=O) groups is 1. The van der Waals surface area contributed by atoms with Crippen molar-refractivity contribution in [1.82, 2.24) is 0 Å². The van der Waals surface area contributed by atoms with E-state index < -0.39 is 0 Å². The number of allylic oxidation sites excluding steroid dienone is 2. The number of esters is 1. The molecule has 0 fully saturated rings. The standard InChI is InChI=1S/C9H9NO2/c1-3-8-7(10-4-2)5-6-9(11)12-8/h3-6H,2H2,1H3/b8-3+,10-7?. The maximum atomic E-state index is 10.8. The van der Waals surface area contributed by atoms with Crippen LogP contribution >= 0.6 is 0 Å². The second-order valence-corrected chi connectivity index (χ2v) is 2.10. The first-order chi connectivity index (χ1) is 5.77. The topological polar surface area (TPSA) is 38.7 Å². The molecular weight excluding hydrogens is 154 g/mol. The molecule has 1 aliphatic heterocycles. The van der Waals surface area contributed by atoms with E-state index in [1.165, 1.54) is 12.3 Å². The van der Waals surface area contributed by atoms with Gasteiger partial charge in [0, 0.05) is 12.3 Å². The number of rotatable bonds is 1. The van der Waals surface area contributed by atoms with Crippen LogP contribution in [0.5, 0.6) is 0 Å². The Morgan fingerprint density at radius 3 is 2.92 bits per heavy atom. The Hall–Kier alpha value is -1.64. The van der Waals surface area contributed by atoms with Crippen LogP contribution in [0.2, 0.25) is 0 Å². The van der Waals surface area contributed by atoms with Gasteiger partial charge in [0.05, 0.1) is 0 Å². The summed E-state index contributed by atoms with van der Waals surface area (Å²) in [6.07, 6.45) is 6.02. The van der Waals surface area contributed by atoms with Crippen LogP contribution in [0.25, 0.3) is 0 Å². The second kappa shape index (κ2) is 3.67. The lowest BCUT2D eigenvalue weighted by atomic mass is 10.2. The molecule has 0 saturated heterocycles. The van der Waals surface area contributed by atoms with Crippen LogP contribution in [0, 0.1) is 0 Å². The van der Waals surface area contributed by atoms with Gasteiger partial charge in [0.2, 0.25) is 0 Å². The Morgan fingerprint density at radius 2 is 2.33 bits per heavy atom. The van der Waals surface area contributed by atoms with Gasteiger partial charge in [-0.05, 0) is 19.1 Å². The van der Waals surface area contributed by atoms with Crippen LogP contribution in [0.3, 0.4) is 0 Å². The largest absolute Gasteiger partial charge is 0.421 e. The third kappa shape index (κ3) is 1.69. The monoisotopic (exact) mass is 163 g/mol. The van der Waals surface area contributed by atoms with Crippen molar-refractivity contribution >= 4 is 11.7 Å². The molecule has 3 nitrogen and oxygen atoms in total. The van der Waals surface area contributed by atoms with Crippen molar-refractivity contribution in [2.75, 3.05) is 0 Å². The zero-order chi connectivity index (χ0) is 8.97. The first-order valence-electron chi connectivity index (χ1n) is 3.53. The summed E-state index contributed by atoms with van der Waals surface area (Å²) in [5.41, 5.74) is 0.618. The molecule has 1 rings (SSSR count). The van der Waals surface area contributed by atoms with Gasteiger partial charge in [0.25, 0.3) is 0 Å². The normalized spacial score (nSPS) is 22.9. The van der Waals surface area contributed by atoms with E-state index in [0.717, 1.165) is 0 Å². The number of hydrogen-bond donors (Lipinski definition) is 0. The van der Waals surface area contributed by atoms with E-state index in [1.807, 2.05) is 0 Å². The molecule has 12 heavy (non-hydrogen) atoms. The van der Waals surface area contributed by atoms with Gasteiger partial charge in [-0.1, -0.05) is 6.58 Å². The van der Waals surface area contributed by atoms with E-state index in [4.69, 9.17) is 4.74 Å². The summed E-state index contributed by atoms with van der Waals surface area (Å²) in [7, 11) is 0. The van der Waals surface area contributed by atoms with Crippen molar-refractivity contribution in [3.8, 4) is 0 Å². The average molecular weight is 163 g/mol. The summed E-state index contributed by atoms with van der Waals surface area (Å²) in [5.74, 6) is 0.105. The van der Waals surface area contributed by atoms with Gasteiger partial charge in [0.1, 0.15) is 5.71 Å². The molecule has 0 aromatic heterocycles. The van der Waals surface area contributed by atoms with E-state index in [2.05, 4.69) is 11.6 Å². The number of aliphatic imine (C=N–C) groups is 1. The predicted octanol–water partition coefficient (Wildman–Crippen LogP) is 1.59. The highest BCUT2D eigenvalue weighted by Crippen LogP contribution is 2.09. The van der Waals surface area contributed by atoms with Crippen molar-refractivity contribution in [2.45, 2.75) is 6.92 Å². The summed E-state index contributed by atoms with van der Waals surface area (Å²) >= 11 is 0. The zero-order valence-corrected chi connectivity index (χ0v) is 6.78. The van der Waals surface area contributed by atoms with E-state index in [9.17, 15) is 4.79 Å². The van der Waals surface area contributed by atoms with Crippen LogP contribution in [0.4, 0.5) is 0 Å². The molecule has 0 aliphatic carbocycles. The number of carbonyl (C=O) groups excluding carboxylic acids is 1. The predicted molar refractivity (Wildman–Crippen MR) is 46.6 cm³/mol. The van der Waals surface area contributed by atoms with Gasteiger partial charge in [-0.2, -0.15) is 0 Å². The zero-order valence-electron chi connectivity index (χ0n) is 6.78. The van der Waals surface area contributed by atoms with Gasteiger partial charge < -0.3 is 4.74 Å². The Kier molecular flexibility index (Phi) is 2.58. The Labute approximate surface area is 70.8 Å². The van der Waals surface area contributed by atoms with Gasteiger partial charge >= 0.3 is 5.97 Å². The van der Waals surface area contributed by atoms with Gasteiger partial charge in [0.15, 0.2) is 5.76 Å². The molecule has 0 atom stereocenters. The molecule has 1 aliphatic rings. The maximum Gasteiger partial charge on any atom is 0.336 e. The van der Waals surface area contributed by atoms with E-state index in [1.54, 1.807) is 19.1 Å². The molecule has 0 aromatic carbocycles. The minimum absolute atomic E-state index is 0.369. The smallest absolute Gasteiger partial charge is 0.336 e. The number of hydrogen-bond acceptors (Lipinski definition) is 3. The highest BCUT2D eigenvalue weighted by atomic mass is 16.5. The molecule has 1 heterocycles. The molecular formula is C9H9NO2. The Morgan fingerprint density at radius 1 is 1.58 bits per heavy atom. The third-order valence-electron chi connectivity index (χ3n) is 1.33. The third-order valence-corrected chi connectivity index (χ3v) is 1.33. The van der Waals surface area contributed by atoms with Crippen molar-refractivity contribution in [3.05, 3.63) is 36.8 Å². The summed E-state index contributed by atoms with van der Waals surface area (Å²) in [4.78, 5) is 14.7. The first kappa shape index (κ1) is 8.46. The Bertz CT molecular complexity index is 298. The van der Waals surface area contributed by atoms with E-state index in [0.29, 0.717) is 11.5 Å². The quantitative estimate of drug-likeness (QED) is 0.550. The lowest BCUT2D eigenvalue weighted by Crippen LogP contribution is -2.13. The molecule has 0 aromatic rings. The molecule has 0 unspecified atom stereocenters. The molecule has 0 saturated carbocycles. The Balaban J connectivity index is 3.01. The number of nitrogens with zero attached hydrogens (tertiary/aromatic N) is 1. The fourth-order valence-electron chi connectivity index (χ4n) is 0.836. The van der Waals surface area contributed by atoms with Gasteiger partial charge in [-0.15, -0.1) is 0 Å². The van der Waals surface area contributed by atoms with E-state index >= 15 is 0 Å². The van der Waals surface area contributed by atoms with Crippen LogP contribution in [0.1, 0.15) is 6.92 Å². The molecule has 0 radical (unpaired) electrons. The van der Waals surface area contributed by atoms with Crippen molar-refractivity contribution in [2.24, 2.45) is 4.99 Å². The van der Waals surface area contributed by atoms with Crippen molar-refractivity contribution < 1.29 is 9.53 Å². The summed E-state index contributed by atoms with van der Waals surface area (Å²) < 4.78 is 4.86. The fourth-order valence-corrected chi connectivity index (χ4v) is 0.836. The van der Waals surface area contributed by atoms with Crippen LogP contribution < -0.4 is 0 Å². The molecule has 62 valence electrons. The molecule has 0 N–H and O–H groups in total. The summed E-state index contributed by atoms with van der Waals surface area (Å²) in [5, 5.41) is 0. The van der Waals surface area contributed by atoms with Crippen molar-refractivity contribution in [3.63, 3.8) is 0 Å². The fraction of sp³-hybridized carbons (Fsp3) is 0.111.